The van der Waals surface area contributed by atoms with Gasteiger partial charge < -0.3 is 4.74 Å². The molecule has 0 aliphatic heterocycles. The first kappa shape index (κ1) is 12.3. The first-order valence-corrected chi connectivity index (χ1v) is 5.78. The molecule has 5 nitrogen and oxygen atoms in total. The second kappa shape index (κ2) is 5.46. The predicted octanol–water partition coefficient (Wildman–Crippen LogP) is 2.14. The van der Waals surface area contributed by atoms with Crippen LogP contribution in [0.4, 0.5) is 5.95 Å². The zero-order valence-electron chi connectivity index (χ0n) is 10.5. The number of nitrogens with zero attached hydrogens (tertiary/aromatic N) is 2. The van der Waals surface area contributed by atoms with Crippen molar-refractivity contribution in [3.05, 3.63) is 36.0 Å². The van der Waals surface area contributed by atoms with Crippen molar-refractivity contribution >= 4 is 5.95 Å². The SMILES string of the molecule is CCOc1ccc(-c2cc(C)nc(NN)n2)cc1. The van der Waals surface area contributed by atoms with E-state index in [2.05, 4.69) is 15.4 Å². The summed E-state index contributed by atoms with van der Waals surface area (Å²) in [5.74, 6) is 6.60. The second-order valence-electron chi connectivity index (χ2n) is 3.82. The summed E-state index contributed by atoms with van der Waals surface area (Å²) in [5.41, 5.74) is 5.16. The molecule has 0 saturated heterocycles. The molecular formula is C13H16N4O. The summed E-state index contributed by atoms with van der Waals surface area (Å²) in [5, 5.41) is 0. The molecule has 3 N–H and O–H groups in total. The van der Waals surface area contributed by atoms with Gasteiger partial charge >= 0.3 is 0 Å². The van der Waals surface area contributed by atoms with Gasteiger partial charge in [0.25, 0.3) is 0 Å². The Morgan fingerprint density at radius 2 is 1.94 bits per heavy atom. The maximum atomic E-state index is 5.40. The Balaban J connectivity index is 2.33. The van der Waals surface area contributed by atoms with Crippen molar-refractivity contribution in [1.82, 2.24) is 9.97 Å². The lowest BCUT2D eigenvalue weighted by molar-refractivity contribution is 0.340. The summed E-state index contributed by atoms with van der Waals surface area (Å²) in [6, 6.07) is 9.69. The Morgan fingerprint density at radius 3 is 2.56 bits per heavy atom. The second-order valence-corrected chi connectivity index (χ2v) is 3.82. The fraction of sp³-hybridized carbons (Fsp3) is 0.231. The molecule has 18 heavy (non-hydrogen) atoms. The number of nitrogens with two attached hydrogens (primary N) is 1. The van der Waals surface area contributed by atoms with Crippen LogP contribution in [0, 0.1) is 6.92 Å². The van der Waals surface area contributed by atoms with Crippen molar-refractivity contribution in [2.75, 3.05) is 12.0 Å². The first-order chi connectivity index (χ1) is 8.72. The number of benzene rings is 1. The van der Waals surface area contributed by atoms with Crippen molar-refractivity contribution < 1.29 is 4.74 Å². The maximum absolute atomic E-state index is 5.40. The highest BCUT2D eigenvalue weighted by molar-refractivity contribution is 5.61. The summed E-state index contributed by atoms with van der Waals surface area (Å²) in [6.45, 7) is 4.52. The smallest absolute Gasteiger partial charge is 0.237 e. The van der Waals surface area contributed by atoms with Crippen molar-refractivity contribution in [2.24, 2.45) is 5.84 Å². The molecule has 1 aromatic heterocycles. The lowest BCUT2D eigenvalue weighted by atomic mass is 10.1. The Labute approximate surface area is 106 Å². The molecule has 0 aliphatic rings. The molecule has 0 aliphatic carbocycles. The van der Waals surface area contributed by atoms with Gasteiger partial charge in [-0.05, 0) is 44.2 Å². The van der Waals surface area contributed by atoms with E-state index in [1.54, 1.807) is 0 Å². The van der Waals surface area contributed by atoms with Crippen LogP contribution in [0.15, 0.2) is 30.3 Å². The molecule has 0 radical (unpaired) electrons. The molecule has 0 atom stereocenters. The van der Waals surface area contributed by atoms with Crippen molar-refractivity contribution in [1.29, 1.82) is 0 Å². The number of nitrogen functional groups attached to an aromatic ring is 1. The molecule has 94 valence electrons. The van der Waals surface area contributed by atoms with E-state index in [4.69, 9.17) is 10.6 Å². The van der Waals surface area contributed by atoms with Crippen LogP contribution >= 0.6 is 0 Å². The minimum atomic E-state index is 0.416. The van der Waals surface area contributed by atoms with Crippen molar-refractivity contribution in [3.8, 4) is 17.0 Å². The van der Waals surface area contributed by atoms with Crippen molar-refractivity contribution in [3.63, 3.8) is 0 Å². The van der Waals surface area contributed by atoms with Crippen LogP contribution in [0.25, 0.3) is 11.3 Å². The number of hydrogen-bond acceptors (Lipinski definition) is 5. The van der Waals surface area contributed by atoms with E-state index in [-0.39, 0.29) is 0 Å². The minimum Gasteiger partial charge on any atom is -0.494 e. The zero-order valence-corrected chi connectivity index (χ0v) is 10.5. The van der Waals surface area contributed by atoms with Gasteiger partial charge in [-0.25, -0.2) is 15.8 Å². The molecule has 2 rings (SSSR count). The van der Waals surface area contributed by atoms with Gasteiger partial charge in [0.15, 0.2) is 0 Å². The molecule has 1 aromatic carbocycles. The van der Waals surface area contributed by atoms with Gasteiger partial charge in [-0.3, -0.25) is 5.43 Å². The highest BCUT2D eigenvalue weighted by Gasteiger charge is 2.04. The molecule has 0 fully saturated rings. The van der Waals surface area contributed by atoms with Crippen LogP contribution < -0.4 is 16.0 Å². The van der Waals surface area contributed by atoms with E-state index in [1.165, 1.54) is 0 Å². The molecule has 5 heteroatoms. The Hall–Kier alpha value is -2.14. The Bertz CT molecular complexity index is 525. The predicted molar refractivity (Wildman–Crippen MR) is 71.2 cm³/mol. The van der Waals surface area contributed by atoms with E-state index >= 15 is 0 Å². The van der Waals surface area contributed by atoms with Gasteiger partial charge in [0.1, 0.15) is 5.75 Å². The topological polar surface area (TPSA) is 73.1 Å². The molecule has 0 amide bonds. The zero-order chi connectivity index (χ0) is 13.0. The number of aromatic nitrogens is 2. The summed E-state index contributed by atoms with van der Waals surface area (Å²) in [6.07, 6.45) is 0. The fourth-order valence-corrected chi connectivity index (χ4v) is 1.67. The normalized spacial score (nSPS) is 10.2. The van der Waals surface area contributed by atoms with Crippen LogP contribution in [0.2, 0.25) is 0 Å². The lowest BCUT2D eigenvalue weighted by Gasteiger charge is -2.07. The van der Waals surface area contributed by atoms with Gasteiger partial charge in [-0.15, -0.1) is 0 Å². The molecule has 0 spiro atoms. The van der Waals surface area contributed by atoms with E-state index in [1.807, 2.05) is 44.2 Å². The highest BCUT2D eigenvalue weighted by Crippen LogP contribution is 2.22. The van der Waals surface area contributed by atoms with Gasteiger partial charge in [0, 0.05) is 11.3 Å². The number of hydrazine groups is 1. The molecule has 2 aromatic rings. The van der Waals surface area contributed by atoms with Crippen LogP contribution in [0.3, 0.4) is 0 Å². The van der Waals surface area contributed by atoms with Crippen molar-refractivity contribution in [2.45, 2.75) is 13.8 Å². The molecule has 1 heterocycles. The van der Waals surface area contributed by atoms with Gasteiger partial charge in [-0.1, -0.05) is 0 Å². The summed E-state index contributed by atoms with van der Waals surface area (Å²) in [7, 11) is 0. The van der Waals surface area contributed by atoms with Crippen LogP contribution in [0.1, 0.15) is 12.6 Å². The van der Waals surface area contributed by atoms with Gasteiger partial charge in [0.2, 0.25) is 5.95 Å². The standard InChI is InChI=1S/C13H16N4O/c1-3-18-11-6-4-10(5-7-11)12-8-9(2)15-13(16-12)17-14/h4-8H,3,14H2,1-2H3,(H,15,16,17). The first-order valence-electron chi connectivity index (χ1n) is 5.78. The number of ether oxygens (including phenoxy) is 1. The summed E-state index contributed by atoms with van der Waals surface area (Å²) < 4.78 is 5.40. The fourth-order valence-electron chi connectivity index (χ4n) is 1.67. The van der Waals surface area contributed by atoms with E-state index in [0.717, 1.165) is 22.7 Å². The van der Waals surface area contributed by atoms with Crippen LogP contribution in [0.5, 0.6) is 5.75 Å². The quantitative estimate of drug-likeness (QED) is 0.636. The third-order valence-corrected chi connectivity index (χ3v) is 2.44. The minimum absolute atomic E-state index is 0.416. The van der Waals surface area contributed by atoms with E-state index in [9.17, 15) is 0 Å². The molecule has 0 unspecified atom stereocenters. The van der Waals surface area contributed by atoms with Crippen LogP contribution in [-0.2, 0) is 0 Å². The maximum Gasteiger partial charge on any atom is 0.237 e. The monoisotopic (exact) mass is 244 g/mol. The van der Waals surface area contributed by atoms with Gasteiger partial charge in [-0.2, -0.15) is 0 Å². The number of nitrogens with one attached hydrogen (secondary N) is 1. The largest absolute Gasteiger partial charge is 0.494 e. The number of hydrogen-bond donors (Lipinski definition) is 2. The average molecular weight is 244 g/mol. The molecule has 0 bridgehead atoms. The lowest BCUT2D eigenvalue weighted by Crippen LogP contribution is -2.11. The highest BCUT2D eigenvalue weighted by atomic mass is 16.5. The summed E-state index contributed by atoms with van der Waals surface area (Å²) >= 11 is 0. The van der Waals surface area contributed by atoms with E-state index in [0.29, 0.717) is 12.6 Å². The molecular weight excluding hydrogens is 228 g/mol. The number of anilines is 1. The third kappa shape index (κ3) is 2.75. The van der Waals surface area contributed by atoms with E-state index < -0.39 is 0 Å². The van der Waals surface area contributed by atoms with Gasteiger partial charge in [0.05, 0.1) is 12.3 Å². The molecule has 0 saturated carbocycles. The Morgan fingerprint density at radius 1 is 1.22 bits per heavy atom. The third-order valence-electron chi connectivity index (χ3n) is 2.44. The number of aryl methyl sites for hydroxylation is 1. The van der Waals surface area contributed by atoms with Crippen LogP contribution in [-0.4, -0.2) is 16.6 Å². The number of rotatable bonds is 4. The average Bonchev–Trinajstić information content (AvgIpc) is 2.39. The Kier molecular flexibility index (Phi) is 3.74. The summed E-state index contributed by atoms with van der Waals surface area (Å²) in [4.78, 5) is 8.46.